The Bertz CT molecular complexity index is 719. The number of allylic oxidation sites excluding steroid dienone is 2. The Morgan fingerprint density at radius 2 is 1.64 bits per heavy atom. The molecule has 4 heteroatoms. The Morgan fingerprint density at radius 3 is 2.18 bits per heavy atom. The van der Waals surface area contributed by atoms with Gasteiger partial charge in [-0.15, -0.1) is 0 Å². The van der Waals surface area contributed by atoms with Crippen LogP contribution in [0.1, 0.15) is 12.0 Å². The minimum Gasteiger partial charge on any atom is -0.274 e. The molecule has 0 radical (unpaired) electrons. The van der Waals surface area contributed by atoms with Crippen LogP contribution in [0.2, 0.25) is 0 Å². The molecule has 4 aliphatic carbocycles. The lowest BCUT2D eigenvalue weighted by Gasteiger charge is -2.37. The van der Waals surface area contributed by atoms with Crippen molar-refractivity contribution >= 4 is 33.4 Å². The number of hydrogen-bond donors (Lipinski definition) is 0. The van der Waals surface area contributed by atoms with Crippen LogP contribution in [0.5, 0.6) is 0 Å². The van der Waals surface area contributed by atoms with Crippen LogP contribution in [0.15, 0.2) is 34.8 Å². The molecule has 112 valence electrons. The van der Waals surface area contributed by atoms with Crippen molar-refractivity contribution in [3.8, 4) is 0 Å². The zero-order chi connectivity index (χ0) is 15.2. The van der Waals surface area contributed by atoms with Gasteiger partial charge in [-0.3, -0.25) is 14.5 Å². The van der Waals surface area contributed by atoms with E-state index in [2.05, 4.69) is 28.1 Å². The predicted molar refractivity (Wildman–Crippen MR) is 86.1 cm³/mol. The van der Waals surface area contributed by atoms with Gasteiger partial charge in [-0.1, -0.05) is 28.1 Å². The van der Waals surface area contributed by atoms with E-state index in [4.69, 9.17) is 0 Å². The summed E-state index contributed by atoms with van der Waals surface area (Å²) in [6.07, 6.45) is 5.62. The lowest BCUT2D eigenvalue weighted by Crippen LogP contribution is -2.40. The van der Waals surface area contributed by atoms with Crippen molar-refractivity contribution in [1.29, 1.82) is 0 Å². The van der Waals surface area contributed by atoms with Gasteiger partial charge in [0.05, 0.1) is 17.5 Å². The number of amides is 2. The molecule has 3 nitrogen and oxygen atoms in total. The SMILES string of the molecule is Cc1cc(N2C(=O)[C@@H]3[C@H]4C=C[C@@H]([C@@H]5C[C@@H]45)[C@H]3C2=O)ccc1Br. The highest BCUT2D eigenvalue weighted by Crippen LogP contribution is 2.65. The van der Waals surface area contributed by atoms with Gasteiger partial charge >= 0.3 is 0 Å². The van der Waals surface area contributed by atoms with Crippen LogP contribution in [0, 0.1) is 42.4 Å². The van der Waals surface area contributed by atoms with E-state index in [0.29, 0.717) is 11.8 Å². The molecule has 0 N–H and O–H groups in total. The minimum atomic E-state index is -0.116. The van der Waals surface area contributed by atoms with Crippen LogP contribution in [0.3, 0.4) is 0 Å². The molecule has 0 aromatic heterocycles. The van der Waals surface area contributed by atoms with Crippen molar-refractivity contribution in [3.05, 3.63) is 40.4 Å². The van der Waals surface area contributed by atoms with Gasteiger partial charge in [0.1, 0.15) is 0 Å². The highest BCUT2D eigenvalue weighted by Gasteiger charge is 2.67. The van der Waals surface area contributed by atoms with E-state index < -0.39 is 0 Å². The van der Waals surface area contributed by atoms with Gasteiger partial charge in [-0.05, 0) is 60.8 Å². The number of rotatable bonds is 1. The molecule has 1 aliphatic heterocycles. The van der Waals surface area contributed by atoms with Crippen LogP contribution in [-0.4, -0.2) is 11.8 Å². The number of hydrogen-bond acceptors (Lipinski definition) is 2. The molecule has 0 unspecified atom stereocenters. The lowest BCUT2D eigenvalue weighted by molar-refractivity contribution is -0.124. The van der Waals surface area contributed by atoms with Crippen molar-refractivity contribution < 1.29 is 9.59 Å². The fourth-order valence-corrected chi connectivity index (χ4v) is 5.23. The number of anilines is 1. The van der Waals surface area contributed by atoms with Crippen molar-refractivity contribution in [2.75, 3.05) is 4.90 Å². The fourth-order valence-electron chi connectivity index (χ4n) is 4.98. The van der Waals surface area contributed by atoms with Crippen molar-refractivity contribution in [2.24, 2.45) is 35.5 Å². The molecule has 6 atom stereocenters. The number of carbonyl (C=O) groups is 2. The van der Waals surface area contributed by atoms with Crippen molar-refractivity contribution in [3.63, 3.8) is 0 Å². The number of carbonyl (C=O) groups excluding carboxylic acids is 2. The largest absolute Gasteiger partial charge is 0.274 e. The average molecular weight is 358 g/mol. The Labute approximate surface area is 137 Å². The first-order valence-corrected chi connectivity index (χ1v) is 8.69. The standard InChI is InChI=1S/C18H16BrNO2/c1-8-6-9(2-5-14(8)19)20-17(21)15-10-3-4-11(13-7-12(10)13)16(15)18(20)22/h2-6,10-13,15-16H,7H2,1H3/t10-,11-,12-,13-,15+,16+/m0/s1. The molecule has 1 aromatic rings. The minimum absolute atomic E-state index is 0.0152. The molecule has 1 saturated heterocycles. The number of aryl methyl sites for hydroxylation is 1. The molecule has 2 amide bonds. The number of nitrogens with zero attached hydrogens (tertiary/aromatic N) is 1. The summed E-state index contributed by atoms with van der Waals surface area (Å²) in [7, 11) is 0. The summed E-state index contributed by atoms with van der Waals surface area (Å²) in [4.78, 5) is 27.4. The van der Waals surface area contributed by atoms with Gasteiger partial charge in [0.2, 0.25) is 11.8 Å². The van der Waals surface area contributed by atoms with E-state index in [0.717, 1.165) is 15.7 Å². The topological polar surface area (TPSA) is 37.4 Å². The first-order valence-electron chi connectivity index (χ1n) is 7.90. The molecule has 2 saturated carbocycles. The second-order valence-electron chi connectivity index (χ2n) is 7.10. The highest BCUT2D eigenvalue weighted by atomic mass is 79.9. The van der Waals surface area contributed by atoms with E-state index in [-0.39, 0.29) is 35.5 Å². The first-order chi connectivity index (χ1) is 10.6. The third-order valence-electron chi connectivity index (χ3n) is 6.06. The zero-order valence-electron chi connectivity index (χ0n) is 12.2. The van der Waals surface area contributed by atoms with Gasteiger partial charge in [0, 0.05) is 4.47 Å². The van der Waals surface area contributed by atoms with Gasteiger partial charge < -0.3 is 0 Å². The van der Waals surface area contributed by atoms with Crippen LogP contribution in [0.25, 0.3) is 0 Å². The smallest absolute Gasteiger partial charge is 0.238 e. The van der Waals surface area contributed by atoms with Gasteiger partial charge in [-0.2, -0.15) is 0 Å². The van der Waals surface area contributed by atoms with Crippen LogP contribution in [-0.2, 0) is 9.59 Å². The molecule has 1 heterocycles. The molecule has 2 bridgehead atoms. The molecular weight excluding hydrogens is 342 g/mol. The third kappa shape index (κ3) is 1.47. The van der Waals surface area contributed by atoms with Crippen molar-refractivity contribution in [1.82, 2.24) is 0 Å². The van der Waals surface area contributed by atoms with E-state index in [9.17, 15) is 9.59 Å². The Balaban J connectivity index is 1.58. The molecule has 0 spiro atoms. The quantitative estimate of drug-likeness (QED) is 0.571. The number of halogens is 1. The second-order valence-corrected chi connectivity index (χ2v) is 7.95. The maximum absolute atomic E-state index is 13.0. The van der Waals surface area contributed by atoms with Gasteiger partial charge in [0.25, 0.3) is 0 Å². The van der Waals surface area contributed by atoms with Gasteiger partial charge in [0.15, 0.2) is 0 Å². The maximum Gasteiger partial charge on any atom is 0.238 e. The second kappa shape index (κ2) is 4.10. The molecular formula is C18H16BrNO2. The fraction of sp³-hybridized carbons (Fsp3) is 0.444. The van der Waals surface area contributed by atoms with E-state index >= 15 is 0 Å². The monoisotopic (exact) mass is 357 g/mol. The summed E-state index contributed by atoms with van der Waals surface area (Å²) in [6.45, 7) is 1.98. The van der Waals surface area contributed by atoms with E-state index in [1.807, 2.05) is 25.1 Å². The molecule has 3 fully saturated rings. The van der Waals surface area contributed by atoms with E-state index in [1.54, 1.807) is 0 Å². The third-order valence-corrected chi connectivity index (χ3v) is 6.95. The van der Waals surface area contributed by atoms with E-state index in [1.165, 1.54) is 11.3 Å². The number of benzene rings is 1. The lowest BCUT2D eigenvalue weighted by atomic mass is 9.63. The summed E-state index contributed by atoms with van der Waals surface area (Å²) >= 11 is 3.47. The summed E-state index contributed by atoms with van der Waals surface area (Å²) < 4.78 is 0.996. The Morgan fingerprint density at radius 1 is 1.05 bits per heavy atom. The van der Waals surface area contributed by atoms with Gasteiger partial charge in [-0.25, -0.2) is 0 Å². The summed E-state index contributed by atoms with van der Waals surface area (Å²) in [5.74, 6) is 1.68. The molecule has 6 rings (SSSR count). The molecule has 5 aliphatic rings. The van der Waals surface area contributed by atoms with Crippen LogP contribution in [0.4, 0.5) is 5.69 Å². The normalized spacial score (nSPS) is 40.9. The summed E-state index contributed by atoms with van der Waals surface area (Å²) in [6, 6.07) is 5.70. The number of imide groups is 1. The molecule has 22 heavy (non-hydrogen) atoms. The molecule has 1 aromatic carbocycles. The predicted octanol–water partition coefficient (Wildman–Crippen LogP) is 3.32. The summed E-state index contributed by atoms with van der Waals surface area (Å²) in [5, 5.41) is 0. The Hall–Kier alpha value is -1.42. The zero-order valence-corrected chi connectivity index (χ0v) is 13.8. The maximum atomic E-state index is 13.0. The average Bonchev–Trinajstić information content (AvgIpc) is 3.28. The van der Waals surface area contributed by atoms with Crippen LogP contribution >= 0.6 is 15.9 Å². The highest BCUT2D eigenvalue weighted by molar-refractivity contribution is 9.10. The Kier molecular flexibility index (Phi) is 2.44. The summed E-state index contributed by atoms with van der Waals surface area (Å²) in [5.41, 5.74) is 1.76. The van der Waals surface area contributed by atoms with Crippen molar-refractivity contribution in [2.45, 2.75) is 13.3 Å². The first kappa shape index (κ1) is 13.1. The van der Waals surface area contributed by atoms with Crippen LogP contribution < -0.4 is 4.90 Å².